The van der Waals surface area contributed by atoms with Crippen molar-refractivity contribution in [3.8, 4) is 0 Å². The van der Waals surface area contributed by atoms with Crippen LogP contribution in [-0.4, -0.2) is 18.9 Å². The van der Waals surface area contributed by atoms with Gasteiger partial charge in [-0.05, 0) is 66.1 Å². The van der Waals surface area contributed by atoms with Gasteiger partial charge in [-0.1, -0.05) is 24.3 Å². The summed E-state index contributed by atoms with van der Waals surface area (Å²) in [6.07, 6.45) is 7.74. The first kappa shape index (κ1) is 14.0. The fraction of sp³-hybridized carbons (Fsp3) is 0.318. The average Bonchev–Trinajstić information content (AvgIpc) is 2.92. The van der Waals surface area contributed by atoms with E-state index in [1.807, 2.05) is 18.2 Å². The number of hydrogen-bond donors (Lipinski definition) is 0. The number of anilines is 1. The third-order valence-electron chi connectivity index (χ3n) is 5.63. The van der Waals surface area contributed by atoms with Crippen molar-refractivity contribution >= 4 is 17.5 Å². The van der Waals surface area contributed by atoms with Crippen molar-refractivity contribution in [3.63, 3.8) is 0 Å². The molecule has 2 aromatic rings. The topological polar surface area (TPSA) is 20.3 Å². The quantitative estimate of drug-likeness (QED) is 0.735. The van der Waals surface area contributed by atoms with Crippen molar-refractivity contribution in [3.05, 3.63) is 69.8 Å². The van der Waals surface area contributed by atoms with Crippen molar-refractivity contribution in [2.75, 3.05) is 18.0 Å². The Morgan fingerprint density at radius 2 is 1.62 bits per heavy atom. The first-order chi connectivity index (χ1) is 11.8. The standard InChI is InChI=1S/C22H21NO/c24-22-19(14-16-5-1-2-8-20(16)22)13-15-11-17-6-3-9-23-10-4-7-18(12-15)21(17)23/h1-2,5,8,11-13H,3-4,6-7,9-10,14H2/b19-13-. The minimum Gasteiger partial charge on any atom is -0.371 e. The van der Waals surface area contributed by atoms with Crippen molar-refractivity contribution in [1.29, 1.82) is 0 Å². The Morgan fingerprint density at radius 1 is 0.917 bits per heavy atom. The van der Waals surface area contributed by atoms with Crippen LogP contribution in [0.3, 0.4) is 0 Å². The summed E-state index contributed by atoms with van der Waals surface area (Å²) in [5.74, 6) is 0.207. The molecule has 0 N–H and O–H groups in total. The lowest BCUT2D eigenvalue weighted by molar-refractivity contribution is 0.104. The van der Waals surface area contributed by atoms with Gasteiger partial charge in [0.05, 0.1) is 0 Å². The second kappa shape index (κ2) is 5.34. The maximum Gasteiger partial charge on any atom is 0.189 e. The number of hydrogen-bond acceptors (Lipinski definition) is 2. The molecule has 1 aliphatic carbocycles. The van der Waals surface area contributed by atoms with Crippen LogP contribution < -0.4 is 4.90 Å². The highest BCUT2D eigenvalue weighted by molar-refractivity contribution is 6.15. The highest BCUT2D eigenvalue weighted by Crippen LogP contribution is 2.37. The number of fused-ring (bicyclic) bond motifs is 1. The van der Waals surface area contributed by atoms with Gasteiger partial charge in [0.2, 0.25) is 0 Å². The maximum atomic E-state index is 12.6. The molecule has 2 heteroatoms. The Morgan fingerprint density at radius 3 is 2.33 bits per heavy atom. The third kappa shape index (κ3) is 2.13. The number of aryl methyl sites for hydroxylation is 2. The van der Waals surface area contributed by atoms with Gasteiger partial charge < -0.3 is 4.90 Å². The number of allylic oxidation sites excluding steroid dienone is 1. The molecule has 2 nitrogen and oxygen atoms in total. The molecule has 120 valence electrons. The molecule has 0 saturated carbocycles. The van der Waals surface area contributed by atoms with Crippen molar-refractivity contribution in [1.82, 2.24) is 0 Å². The summed E-state index contributed by atoms with van der Waals surface area (Å²) in [5, 5.41) is 0. The summed E-state index contributed by atoms with van der Waals surface area (Å²) in [6.45, 7) is 2.41. The van der Waals surface area contributed by atoms with E-state index in [4.69, 9.17) is 0 Å². The number of rotatable bonds is 1. The van der Waals surface area contributed by atoms with Crippen LogP contribution >= 0.6 is 0 Å². The summed E-state index contributed by atoms with van der Waals surface area (Å²) in [7, 11) is 0. The maximum absolute atomic E-state index is 12.6. The molecule has 0 atom stereocenters. The van der Waals surface area contributed by atoms with Gasteiger partial charge in [0.25, 0.3) is 0 Å². The van der Waals surface area contributed by atoms with Crippen LogP contribution in [0.4, 0.5) is 5.69 Å². The number of Topliss-reactive ketones (excluding diaryl/α,β-unsaturated/α-hetero) is 1. The van der Waals surface area contributed by atoms with Gasteiger partial charge in [-0.3, -0.25) is 4.79 Å². The molecule has 0 radical (unpaired) electrons. The molecule has 24 heavy (non-hydrogen) atoms. The monoisotopic (exact) mass is 315 g/mol. The molecule has 2 aromatic carbocycles. The fourth-order valence-electron chi connectivity index (χ4n) is 4.59. The molecule has 0 saturated heterocycles. The third-order valence-corrected chi connectivity index (χ3v) is 5.63. The van der Waals surface area contributed by atoms with E-state index < -0.39 is 0 Å². The molecule has 0 spiro atoms. The normalized spacial score (nSPS) is 20.2. The number of benzene rings is 2. The molecule has 5 rings (SSSR count). The molecule has 2 aliphatic heterocycles. The predicted octanol–water partition coefficient (Wildman–Crippen LogP) is 4.21. The van der Waals surface area contributed by atoms with E-state index in [0.29, 0.717) is 0 Å². The van der Waals surface area contributed by atoms with Crippen LogP contribution in [0, 0.1) is 0 Å². The van der Waals surface area contributed by atoms with Crippen molar-refractivity contribution in [2.45, 2.75) is 32.1 Å². The molecule has 0 amide bonds. The number of nitrogens with zero attached hydrogens (tertiary/aromatic N) is 1. The molecule has 2 heterocycles. The van der Waals surface area contributed by atoms with Crippen molar-refractivity contribution < 1.29 is 4.79 Å². The summed E-state index contributed by atoms with van der Waals surface area (Å²) < 4.78 is 0. The van der Waals surface area contributed by atoms with E-state index in [0.717, 1.165) is 17.6 Å². The summed E-state index contributed by atoms with van der Waals surface area (Å²) in [4.78, 5) is 15.2. The molecule has 0 aromatic heterocycles. The highest BCUT2D eigenvalue weighted by atomic mass is 16.1. The number of ketones is 1. The van der Waals surface area contributed by atoms with E-state index in [2.05, 4.69) is 29.2 Å². The summed E-state index contributed by atoms with van der Waals surface area (Å²) in [5.41, 5.74) is 8.65. The second-order valence-corrected chi connectivity index (χ2v) is 7.21. The Kier molecular flexibility index (Phi) is 3.12. The van der Waals surface area contributed by atoms with Gasteiger partial charge in [0.15, 0.2) is 5.78 Å². The zero-order chi connectivity index (χ0) is 16.1. The first-order valence-corrected chi connectivity index (χ1v) is 9.03. The largest absolute Gasteiger partial charge is 0.371 e. The van der Waals surface area contributed by atoms with Gasteiger partial charge in [-0.25, -0.2) is 0 Å². The molecular formula is C22H21NO. The minimum absolute atomic E-state index is 0.207. The van der Waals surface area contributed by atoms with Crippen LogP contribution in [0.2, 0.25) is 0 Å². The smallest absolute Gasteiger partial charge is 0.189 e. The summed E-state index contributed by atoms with van der Waals surface area (Å²) in [6, 6.07) is 12.6. The zero-order valence-electron chi connectivity index (χ0n) is 13.8. The molecular weight excluding hydrogens is 294 g/mol. The lowest BCUT2D eigenvalue weighted by Crippen LogP contribution is -2.34. The number of carbonyl (C=O) groups is 1. The molecule has 3 aliphatic rings. The second-order valence-electron chi connectivity index (χ2n) is 7.21. The Balaban J connectivity index is 1.56. The molecule has 0 fully saturated rings. The summed E-state index contributed by atoms with van der Waals surface area (Å²) >= 11 is 0. The first-order valence-electron chi connectivity index (χ1n) is 9.03. The molecule has 0 bridgehead atoms. The Hall–Kier alpha value is -2.35. The van der Waals surface area contributed by atoms with Gasteiger partial charge in [-0.15, -0.1) is 0 Å². The highest BCUT2D eigenvalue weighted by Gasteiger charge is 2.26. The molecule has 0 unspecified atom stereocenters. The van der Waals surface area contributed by atoms with Gasteiger partial charge in [0, 0.05) is 36.3 Å². The minimum atomic E-state index is 0.207. The van der Waals surface area contributed by atoms with Crippen LogP contribution in [-0.2, 0) is 19.3 Å². The van der Waals surface area contributed by atoms with Gasteiger partial charge >= 0.3 is 0 Å². The van der Waals surface area contributed by atoms with Crippen LogP contribution in [0.1, 0.15) is 45.5 Å². The number of carbonyl (C=O) groups excluding carboxylic acids is 1. The average molecular weight is 315 g/mol. The lowest BCUT2D eigenvalue weighted by Gasteiger charge is -2.37. The van der Waals surface area contributed by atoms with Crippen LogP contribution in [0.25, 0.3) is 6.08 Å². The van der Waals surface area contributed by atoms with E-state index in [1.165, 1.54) is 66.7 Å². The van der Waals surface area contributed by atoms with E-state index in [-0.39, 0.29) is 5.78 Å². The SMILES string of the molecule is O=C1/C(=C\c2cc3c4c(c2)CCCN4CCC3)Cc2ccccc21. The fourth-order valence-corrected chi connectivity index (χ4v) is 4.59. The van der Waals surface area contributed by atoms with Gasteiger partial charge in [-0.2, -0.15) is 0 Å². The zero-order valence-corrected chi connectivity index (χ0v) is 13.8. The van der Waals surface area contributed by atoms with E-state index in [9.17, 15) is 4.79 Å². The van der Waals surface area contributed by atoms with Gasteiger partial charge in [0.1, 0.15) is 0 Å². The van der Waals surface area contributed by atoms with E-state index in [1.54, 1.807) is 0 Å². The van der Waals surface area contributed by atoms with E-state index >= 15 is 0 Å². The van der Waals surface area contributed by atoms with Crippen molar-refractivity contribution in [2.24, 2.45) is 0 Å². The van der Waals surface area contributed by atoms with Crippen LogP contribution in [0.5, 0.6) is 0 Å². The predicted molar refractivity (Wildman–Crippen MR) is 97.8 cm³/mol. The Labute approximate surface area is 142 Å². The lowest BCUT2D eigenvalue weighted by atomic mass is 9.89. The Bertz CT molecular complexity index is 846. The van der Waals surface area contributed by atoms with Crippen LogP contribution in [0.15, 0.2) is 42.0 Å².